The van der Waals surface area contributed by atoms with Gasteiger partial charge in [0.15, 0.2) is 18.5 Å². The van der Waals surface area contributed by atoms with E-state index in [0.29, 0.717) is 0 Å². The molecular weight excluding hydrogens is 368 g/mol. The van der Waals surface area contributed by atoms with Crippen molar-refractivity contribution in [3.63, 3.8) is 0 Å². The molecule has 8 nitrogen and oxygen atoms in total. The van der Waals surface area contributed by atoms with Gasteiger partial charge in [0.2, 0.25) is 0 Å². The molecule has 28 heavy (non-hydrogen) atoms. The fourth-order valence-electron chi connectivity index (χ4n) is 2.09. The summed E-state index contributed by atoms with van der Waals surface area (Å²) in [5.41, 5.74) is -2.37. The van der Waals surface area contributed by atoms with Crippen molar-refractivity contribution in [1.82, 2.24) is 0 Å². The zero-order valence-electron chi connectivity index (χ0n) is 18.3. The van der Waals surface area contributed by atoms with E-state index >= 15 is 0 Å². The summed E-state index contributed by atoms with van der Waals surface area (Å²) in [6.07, 6.45) is -4.81. The summed E-state index contributed by atoms with van der Waals surface area (Å²) < 4.78 is 21.5. The maximum absolute atomic E-state index is 12.4. The van der Waals surface area contributed by atoms with E-state index in [9.17, 15) is 19.5 Å². The van der Waals surface area contributed by atoms with Gasteiger partial charge in [-0.1, -0.05) is 0 Å². The van der Waals surface area contributed by atoms with Gasteiger partial charge in [0.25, 0.3) is 0 Å². The molecular formula is C20H34O8. The van der Waals surface area contributed by atoms with Gasteiger partial charge in [0.05, 0.1) is 16.2 Å². The van der Waals surface area contributed by atoms with Gasteiger partial charge < -0.3 is 24.1 Å². The van der Waals surface area contributed by atoms with Gasteiger partial charge in [-0.3, -0.25) is 14.4 Å². The highest BCUT2D eigenvalue weighted by Gasteiger charge is 2.51. The van der Waals surface area contributed by atoms with Crippen LogP contribution in [-0.4, -0.2) is 54.2 Å². The number of carbonyl (C=O) groups is 3. The van der Waals surface area contributed by atoms with E-state index in [1.54, 1.807) is 62.3 Å². The van der Waals surface area contributed by atoms with Crippen LogP contribution < -0.4 is 0 Å². The van der Waals surface area contributed by atoms with Crippen LogP contribution in [0.1, 0.15) is 62.3 Å². The molecule has 0 radical (unpaired) electrons. The standard InChI is InChI=1S/C20H34O8/c1-18(2,3)15(22)25-10-11-12(27-16(23)19(4,5)6)13(14(21)26-11)28-17(24)20(7,8)9/h11-14,21H,10H2,1-9H3/t11-,12-,13-,14?/m1/s1. The predicted octanol–water partition coefficient (Wildman–Crippen LogP) is 2.21. The first kappa shape index (κ1) is 24.4. The Morgan fingerprint density at radius 1 is 0.750 bits per heavy atom. The molecule has 4 atom stereocenters. The van der Waals surface area contributed by atoms with E-state index in [1.165, 1.54) is 0 Å². The van der Waals surface area contributed by atoms with Gasteiger partial charge in [-0.2, -0.15) is 0 Å². The molecule has 1 N–H and O–H groups in total. The smallest absolute Gasteiger partial charge is 0.311 e. The molecule has 1 heterocycles. The number of hydrogen-bond acceptors (Lipinski definition) is 8. The van der Waals surface area contributed by atoms with E-state index in [4.69, 9.17) is 18.9 Å². The van der Waals surface area contributed by atoms with E-state index in [-0.39, 0.29) is 6.61 Å². The van der Waals surface area contributed by atoms with Crippen LogP contribution in [-0.2, 0) is 33.3 Å². The lowest BCUT2D eigenvalue weighted by Gasteiger charge is -2.28. The molecule has 1 aliphatic rings. The summed E-state index contributed by atoms with van der Waals surface area (Å²) >= 11 is 0. The van der Waals surface area contributed by atoms with E-state index < -0.39 is 58.8 Å². The second kappa shape index (κ2) is 8.37. The van der Waals surface area contributed by atoms with Crippen molar-refractivity contribution in [2.24, 2.45) is 16.2 Å². The topological polar surface area (TPSA) is 108 Å². The van der Waals surface area contributed by atoms with Gasteiger partial charge in [-0.15, -0.1) is 0 Å². The van der Waals surface area contributed by atoms with Gasteiger partial charge in [-0.25, -0.2) is 0 Å². The summed E-state index contributed by atoms with van der Waals surface area (Å²) in [5.74, 6) is -1.61. The molecule has 0 saturated carbocycles. The summed E-state index contributed by atoms with van der Waals surface area (Å²) in [6, 6.07) is 0. The van der Waals surface area contributed by atoms with Crippen LogP contribution in [0.25, 0.3) is 0 Å². The molecule has 0 amide bonds. The number of hydrogen-bond donors (Lipinski definition) is 1. The molecule has 0 spiro atoms. The van der Waals surface area contributed by atoms with E-state index in [0.717, 1.165) is 0 Å². The zero-order chi connectivity index (χ0) is 22.1. The van der Waals surface area contributed by atoms with Crippen molar-refractivity contribution in [3.05, 3.63) is 0 Å². The van der Waals surface area contributed by atoms with Crippen molar-refractivity contribution in [3.8, 4) is 0 Å². The Bertz CT molecular complexity index is 591. The highest BCUT2D eigenvalue weighted by molar-refractivity contribution is 5.77. The molecule has 0 bridgehead atoms. The second-order valence-electron chi connectivity index (χ2n) is 10.2. The lowest BCUT2D eigenvalue weighted by atomic mass is 9.96. The Labute approximate surface area is 166 Å². The highest BCUT2D eigenvalue weighted by Crippen LogP contribution is 2.31. The summed E-state index contributed by atoms with van der Waals surface area (Å²) in [6.45, 7) is 14.9. The van der Waals surface area contributed by atoms with Crippen molar-refractivity contribution < 1.29 is 38.4 Å². The Hall–Kier alpha value is -1.67. The third-order valence-corrected chi connectivity index (χ3v) is 3.99. The number of esters is 3. The molecule has 1 rings (SSSR count). The van der Waals surface area contributed by atoms with Crippen molar-refractivity contribution in [2.75, 3.05) is 6.61 Å². The van der Waals surface area contributed by atoms with Crippen molar-refractivity contribution in [1.29, 1.82) is 0 Å². The monoisotopic (exact) mass is 402 g/mol. The fraction of sp³-hybridized carbons (Fsp3) is 0.850. The first-order chi connectivity index (χ1) is 12.4. The predicted molar refractivity (Wildman–Crippen MR) is 100.0 cm³/mol. The lowest BCUT2D eigenvalue weighted by Crippen LogP contribution is -2.45. The molecule has 1 saturated heterocycles. The average molecular weight is 402 g/mol. The van der Waals surface area contributed by atoms with Gasteiger partial charge in [0.1, 0.15) is 12.7 Å². The lowest BCUT2D eigenvalue weighted by molar-refractivity contribution is -0.185. The SMILES string of the molecule is CC(C)(C)C(=O)OC[C@H]1OC(O)[C@H](OC(=O)C(C)(C)C)[C@@H]1OC(=O)C(C)(C)C. The summed E-state index contributed by atoms with van der Waals surface area (Å²) in [4.78, 5) is 36.7. The first-order valence-corrected chi connectivity index (χ1v) is 9.37. The molecule has 1 unspecified atom stereocenters. The number of carbonyl (C=O) groups excluding carboxylic acids is 3. The van der Waals surface area contributed by atoms with Crippen LogP contribution in [0.3, 0.4) is 0 Å². The highest BCUT2D eigenvalue weighted by atomic mass is 16.7. The zero-order valence-corrected chi connectivity index (χ0v) is 18.3. The molecule has 1 aliphatic heterocycles. The van der Waals surface area contributed by atoms with Crippen LogP contribution in [0.15, 0.2) is 0 Å². The number of aliphatic hydroxyl groups is 1. The maximum atomic E-state index is 12.4. The number of rotatable bonds is 4. The molecule has 1 fully saturated rings. The molecule has 162 valence electrons. The molecule has 0 aliphatic carbocycles. The van der Waals surface area contributed by atoms with Crippen LogP contribution >= 0.6 is 0 Å². The first-order valence-electron chi connectivity index (χ1n) is 9.37. The Morgan fingerprint density at radius 3 is 1.54 bits per heavy atom. The summed E-state index contributed by atoms with van der Waals surface area (Å²) in [7, 11) is 0. The average Bonchev–Trinajstić information content (AvgIpc) is 2.78. The molecule has 8 heteroatoms. The molecule has 0 aromatic heterocycles. The minimum atomic E-state index is -1.51. The largest absolute Gasteiger partial charge is 0.462 e. The third-order valence-electron chi connectivity index (χ3n) is 3.99. The minimum Gasteiger partial charge on any atom is -0.462 e. The van der Waals surface area contributed by atoms with Crippen molar-refractivity contribution in [2.45, 2.75) is 86.9 Å². The van der Waals surface area contributed by atoms with Crippen LogP contribution in [0.5, 0.6) is 0 Å². The van der Waals surface area contributed by atoms with Crippen LogP contribution in [0, 0.1) is 16.2 Å². The molecule has 0 aromatic rings. The Balaban J connectivity index is 3.02. The molecule has 0 aromatic carbocycles. The van der Waals surface area contributed by atoms with E-state index in [2.05, 4.69) is 0 Å². The van der Waals surface area contributed by atoms with Crippen molar-refractivity contribution >= 4 is 17.9 Å². The normalized spacial score (nSPS) is 25.9. The summed E-state index contributed by atoms with van der Waals surface area (Å²) in [5, 5.41) is 10.3. The Morgan fingerprint density at radius 2 is 1.14 bits per heavy atom. The second-order valence-corrected chi connectivity index (χ2v) is 10.2. The fourth-order valence-corrected chi connectivity index (χ4v) is 2.09. The Kier molecular flexibility index (Phi) is 7.28. The van der Waals surface area contributed by atoms with Gasteiger partial charge in [-0.05, 0) is 62.3 Å². The number of ether oxygens (including phenoxy) is 4. The van der Waals surface area contributed by atoms with Gasteiger partial charge in [0, 0.05) is 0 Å². The minimum absolute atomic E-state index is 0.251. The van der Waals surface area contributed by atoms with Crippen LogP contribution in [0.2, 0.25) is 0 Å². The van der Waals surface area contributed by atoms with Gasteiger partial charge >= 0.3 is 17.9 Å². The third kappa shape index (κ3) is 6.44. The maximum Gasteiger partial charge on any atom is 0.311 e. The quantitative estimate of drug-likeness (QED) is 0.563. The van der Waals surface area contributed by atoms with Crippen LogP contribution in [0.4, 0.5) is 0 Å². The number of aliphatic hydroxyl groups excluding tert-OH is 1. The van der Waals surface area contributed by atoms with E-state index in [1.807, 2.05) is 0 Å².